The summed E-state index contributed by atoms with van der Waals surface area (Å²) in [5.74, 6) is -0.165. The number of rotatable bonds is 1. The number of alkyl halides is 1. The summed E-state index contributed by atoms with van der Waals surface area (Å²) in [6.07, 6.45) is 3.98. The Kier molecular flexibility index (Phi) is 2.99. The Morgan fingerprint density at radius 1 is 1.58 bits per heavy atom. The largest absolute Gasteiger partial charge is 0.469 e. The lowest BCUT2D eigenvalue weighted by molar-refractivity contribution is -0.153. The summed E-state index contributed by atoms with van der Waals surface area (Å²) >= 11 is 6.10. The van der Waals surface area contributed by atoms with Gasteiger partial charge < -0.3 is 4.74 Å². The Balaban J connectivity index is 2.72. The smallest absolute Gasteiger partial charge is 0.313 e. The standard InChI is InChI=1S/C9H15ClO2/c1-9(8(11)12-2)6-4-3-5-7(9)10/h7H,3-6H2,1-2H3. The molecule has 0 radical (unpaired) electrons. The third kappa shape index (κ3) is 1.58. The molecule has 0 aromatic carbocycles. The first kappa shape index (κ1) is 9.85. The van der Waals surface area contributed by atoms with E-state index < -0.39 is 5.41 Å². The normalized spacial score (nSPS) is 36.1. The van der Waals surface area contributed by atoms with Crippen molar-refractivity contribution in [1.29, 1.82) is 0 Å². The van der Waals surface area contributed by atoms with Gasteiger partial charge in [0.05, 0.1) is 12.5 Å². The van der Waals surface area contributed by atoms with Gasteiger partial charge in [0.25, 0.3) is 0 Å². The van der Waals surface area contributed by atoms with Crippen molar-refractivity contribution < 1.29 is 9.53 Å². The van der Waals surface area contributed by atoms with Crippen LogP contribution in [0.4, 0.5) is 0 Å². The predicted octanol–water partition coefficient (Wildman–Crippen LogP) is 2.35. The van der Waals surface area contributed by atoms with Crippen LogP contribution >= 0.6 is 11.6 Å². The molecule has 0 aliphatic heterocycles. The maximum Gasteiger partial charge on any atom is 0.313 e. The van der Waals surface area contributed by atoms with Crippen molar-refractivity contribution in [2.75, 3.05) is 7.11 Å². The van der Waals surface area contributed by atoms with Crippen molar-refractivity contribution in [3.63, 3.8) is 0 Å². The van der Waals surface area contributed by atoms with E-state index in [2.05, 4.69) is 0 Å². The molecule has 2 unspecified atom stereocenters. The molecule has 12 heavy (non-hydrogen) atoms. The number of hydrogen-bond donors (Lipinski definition) is 0. The Labute approximate surface area is 78.2 Å². The molecule has 1 saturated carbocycles. The average Bonchev–Trinajstić information content (AvgIpc) is 2.09. The molecule has 0 saturated heterocycles. The second-order valence-corrected chi connectivity index (χ2v) is 4.15. The molecule has 2 atom stereocenters. The molecule has 0 bridgehead atoms. The maximum atomic E-state index is 11.4. The van der Waals surface area contributed by atoms with Crippen molar-refractivity contribution in [1.82, 2.24) is 0 Å². The molecule has 0 N–H and O–H groups in total. The first-order chi connectivity index (χ1) is 5.61. The number of carbonyl (C=O) groups excluding carboxylic acids is 1. The fourth-order valence-corrected chi connectivity index (χ4v) is 2.11. The second kappa shape index (κ2) is 3.65. The monoisotopic (exact) mass is 190 g/mol. The Morgan fingerprint density at radius 2 is 2.25 bits per heavy atom. The maximum absolute atomic E-state index is 11.4. The van der Waals surface area contributed by atoms with Crippen molar-refractivity contribution in [3.8, 4) is 0 Å². The predicted molar refractivity (Wildman–Crippen MR) is 48.2 cm³/mol. The van der Waals surface area contributed by atoms with Crippen LogP contribution in [0.5, 0.6) is 0 Å². The third-order valence-electron chi connectivity index (χ3n) is 2.75. The summed E-state index contributed by atoms with van der Waals surface area (Å²) in [7, 11) is 1.42. The first-order valence-corrected chi connectivity index (χ1v) is 4.77. The molecule has 0 amide bonds. The molecule has 3 heteroatoms. The minimum absolute atomic E-state index is 0.0568. The van der Waals surface area contributed by atoms with Crippen molar-refractivity contribution in [2.24, 2.45) is 5.41 Å². The average molecular weight is 191 g/mol. The lowest BCUT2D eigenvalue weighted by Gasteiger charge is -2.35. The summed E-state index contributed by atoms with van der Waals surface area (Å²) in [6.45, 7) is 1.90. The van der Waals surface area contributed by atoms with Gasteiger partial charge in [0, 0.05) is 5.38 Å². The van der Waals surface area contributed by atoms with E-state index in [1.807, 2.05) is 6.92 Å². The van der Waals surface area contributed by atoms with E-state index in [0.717, 1.165) is 25.7 Å². The van der Waals surface area contributed by atoms with Gasteiger partial charge in [0.15, 0.2) is 0 Å². The zero-order valence-corrected chi connectivity index (χ0v) is 8.36. The van der Waals surface area contributed by atoms with Crippen LogP contribution in [-0.4, -0.2) is 18.5 Å². The summed E-state index contributed by atoms with van der Waals surface area (Å²) in [5, 5.41) is -0.0568. The quantitative estimate of drug-likeness (QED) is 0.469. The molecule has 1 aliphatic carbocycles. The highest BCUT2D eigenvalue weighted by Gasteiger charge is 2.42. The summed E-state index contributed by atoms with van der Waals surface area (Å²) in [4.78, 5) is 11.4. The fraction of sp³-hybridized carbons (Fsp3) is 0.889. The van der Waals surface area contributed by atoms with Gasteiger partial charge in [0.2, 0.25) is 0 Å². The first-order valence-electron chi connectivity index (χ1n) is 4.34. The molecular formula is C9H15ClO2. The summed E-state index contributed by atoms with van der Waals surface area (Å²) in [5.41, 5.74) is -0.450. The van der Waals surface area contributed by atoms with Crippen LogP contribution in [0.2, 0.25) is 0 Å². The number of halogens is 1. The molecule has 1 fully saturated rings. The van der Waals surface area contributed by atoms with Gasteiger partial charge in [-0.3, -0.25) is 4.79 Å². The van der Waals surface area contributed by atoms with Crippen LogP contribution in [0.1, 0.15) is 32.6 Å². The van der Waals surface area contributed by atoms with Gasteiger partial charge >= 0.3 is 5.97 Å². The van der Waals surface area contributed by atoms with E-state index >= 15 is 0 Å². The number of hydrogen-bond acceptors (Lipinski definition) is 2. The van der Waals surface area contributed by atoms with E-state index in [1.54, 1.807) is 0 Å². The highest BCUT2D eigenvalue weighted by molar-refractivity contribution is 6.22. The number of ether oxygens (including phenoxy) is 1. The highest BCUT2D eigenvalue weighted by Crippen LogP contribution is 2.40. The molecule has 2 nitrogen and oxygen atoms in total. The molecule has 0 aromatic heterocycles. The van der Waals surface area contributed by atoms with Crippen LogP contribution in [-0.2, 0) is 9.53 Å². The fourth-order valence-electron chi connectivity index (χ4n) is 1.75. The molecule has 70 valence electrons. The van der Waals surface area contributed by atoms with Gasteiger partial charge in [-0.2, -0.15) is 0 Å². The molecule has 1 rings (SSSR count). The zero-order valence-electron chi connectivity index (χ0n) is 7.60. The molecule has 0 aromatic rings. The van der Waals surface area contributed by atoms with Gasteiger partial charge in [-0.1, -0.05) is 12.8 Å². The zero-order chi connectivity index (χ0) is 9.19. The van der Waals surface area contributed by atoms with Gasteiger partial charge in [-0.15, -0.1) is 11.6 Å². The van der Waals surface area contributed by atoms with Crippen LogP contribution < -0.4 is 0 Å². The van der Waals surface area contributed by atoms with E-state index in [0.29, 0.717) is 0 Å². The van der Waals surface area contributed by atoms with Crippen molar-refractivity contribution in [2.45, 2.75) is 38.0 Å². The van der Waals surface area contributed by atoms with Crippen LogP contribution in [0.3, 0.4) is 0 Å². The summed E-state index contributed by atoms with van der Waals surface area (Å²) < 4.78 is 4.74. The second-order valence-electron chi connectivity index (χ2n) is 3.62. The topological polar surface area (TPSA) is 26.3 Å². The Bertz CT molecular complexity index is 181. The van der Waals surface area contributed by atoms with E-state index in [-0.39, 0.29) is 11.3 Å². The minimum Gasteiger partial charge on any atom is -0.469 e. The van der Waals surface area contributed by atoms with E-state index in [9.17, 15) is 4.79 Å². The number of carbonyl (C=O) groups is 1. The van der Waals surface area contributed by atoms with Gasteiger partial charge in [-0.05, 0) is 19.8 Å². The molecule has 1 aliphatic rings. The highest BCUT2D eigenvalue weighted by atomic mass is 35.5. The lowest BCUT2D eigenvalue weighted by Crippen LogP contribution is -2.40. The molecular weight excluding hydrogens is 176 g/mol. The SMILES string of the molecule is COC(=O)C1(C)CCCCC1Cl. The number of methoxy groups -OCH3 is 1. The minimum atomic E-state index is -0.450. The summed E-state index contributed by atoms with van der Waals surface area (Å²) in [6, 6.07) is 0. The van der Waals surface area contributed by atoms with Crippen LogP contribution in [0.15, 0.2) is 0 Å². The van der Waals surface area contributed by atoms with Crippen LogP contribution in [0, 0.1) is 5.41 Å². The Morgan fingerprint density at radius 3 is 2.75 bits per heavy atom. The molecule has 0 heterocycles. The van der Waals surface area contributed by atoms with Gasteiger partial charge in [-0.25, -0.2) is 0 Å². The van der Waals surface area contributed by atoms with Crippen molar-refractivity contribution in [3.05, 3.63) is 0 Å². The van der Waals surface area contributed by atoms with Crippen molar-refractivity contribution >= 4 is 17.6 Å². The lowest BCUT2D eigenvalue weighted by atomic mass is 9.75. The number of esters is 1. The van der Waals surface area contributed by atoms with E-state index in [4.69, 9.17) is 16.3 Å². The van der Waals surface area contributed by atoms with Crippen LogP contribution in [0.25, 0.3) is 0 Å². The molecule has 0 spiro atoms. The third-order valence-corrected chi connectivity index (χ3v) is 3.45. The van der Waals surface area contributed by atoms with Gasteiger partial charge in [0.1, 0.15) is 0 Å². The van der Waals surface area contributed by atoms with E-state index in [1.165, 1.54) is 7.11 Å². The Hall–Kier alpha value is -0.240.